The molecular formula is C11H15ClN2O. The molecule has 0 unspecified atom stereocenters. The second-order valence-electron chi connectivity index (χ2n) is 3.86. The van der Waals surface area contributed by atoms with E-state index in [4.69, 9.17) is 22.1 Å². The van der Waals surface area contributed by atoms with Crippen molar-refractivity contribution in [2.24, 2.45) is 11.7 Å². The molecule has 15 heavy (non-hydrogen) atoms. The fourth-order valence-corrected chi connectivity index (χ4v) is 2.22. The zero-order valence-electron chi connectivity index (χ0n) is 8.53. The second kappa shape index (κ2) is 4.92. The molecule has 0 spiro atoms. The van der Waals surface area contributed by atoms with Gasteiger partial charge in [0.25, 0.3) is 0 Å². The molecule has 2 heterocycles. The van der Waals surface area contributed by atoms with Crippen LogP contribution in [0, 0.1) is 5.92 Å². The van der Waals surface area contributed by atoms with E-state index in [1.165, 1.54) is 0 Å². The number of hydrogen-bond donors (Lipinski definition) is 1. The Kier molecular flexibility index (Phi) is 3.57. The summed E-state index contributed by atoms with van der Waals surface area (Å²) < 4.78 is 5.31. The van der Waals surface area contributed by atoms with Gasteiger partial charge in [-0.1, -0.05) is 17.7 Å². The zero-order valence-corrected chi connectivity index (χ0v) is 9.28. The van der Waals surface area contributed by atoms with Crippen LogP contribution in [0.4, 0.5) is 0 Å². The van der Waals surface area contributed by atoms with Crippen LogP contribution in [-0.4, -0.2) is 18.2 Å². The molecule has 3 nitrogen and oxygen atoms in total. The predicted octanol–water partition coefficient (Wildman–Crippen LogP) is 2.16. The maximum Gasteiger partial charge on any atom is 0.133 e. The van der Waals surface area contributed by atoms with Gasteiger partial charge in [0.05, 0.1) is 0 Å². The number of aromatic nitrogens is 1. The average Bonchev–Trinajstić information content (AvgIpc) is 2.30. The Labute approximate surface area is 94.6 Å². The van der Waals surface area contributed by atoms with Gasteiger partial charge < -0.3 is 10.5 Å². The Bertz CT molecular complexity index is 326. The van der Waals surface area contributed by atoms with E-state index in [1.807, 2.05) is 12.1 Å². The van der Waals surface area contributed by atoms with E-state index in [-0.39, 0.29) is 6.04 Å². The van der Waals surface area contributed by atoms with Crippen LogP contribution >= 0.6 is 11.6 Å². The highest BCUT2D eigenvalue weighted by molar-refractivity contribution is 6.30. The number of halogens is 1. The minimum atomic E-state index is -0.0184. The minimum absolute atomic E-state index is 0.0184. The number of ether oxygens (including phenoxy) is 1. The van der Waals surface area contributed by atoms with Gasteiger partial charge in [-0.15, -0.1) is 0 Å². The quantitative estimate of drug-likeness (QED) is 0.787. The Morgan fingerprint density at radius 3 is 2.87 bits per heavy atom. The molecule has 1 aliphatic rings. The monoisotopic (exact) mass is 226 g/mol. The molecule has 82 valence electrons. The van der Waals surface area contributed by atoms with Crippen molar-refractivity contribution in [2.45, 2.75) is 18.9 Å². The summed E-state index contributed by atoms with van der Waals surface area (Å²) in [4.78, 5) is 4.05. The summed E-state index contributed by atoms with van der Waals surface area (Å²) in [5.74, 6) is 0.459. The molecule has 0 bridgehead atoms. The van der Waals surface area contributed by atoms with Gasteiger partial charge in [0.2, 0.25) is 0 Å². The zero-order chi connectivity index (χ0) is 10.7. The van der Waals surface area contributed by atoms with Crippen molar-refractivity contribution < 1.29 is 4.74 Å². The number of nitrogens with two attached hydrogens (primary N) is 1. The third-order valence-corrected chi connectivity index (χ3v) is 3.24. The maximum absolute atomic E-state index is 6.19. The molecule has 2 N–H and O–H groups in total. The fraction of sp³-hybridized carbons (Fsp3) is 0.545. The van der Waals surface area contributed by atoms with E-state index in [0.717, 1.165) is 31.6 Å². The number of hydrogen-bond acceptors (Lipinski definition) is 3. The van der Waals surface area contributed by atoms with Crippen LogP contribution < -0.4 is 5.73 Å². The maximum atomic E-state index is 6.19. The standard InChI is InChI=1S/C11H15ClN2O/c12-11-9(2-1-5-14-11)10(13)8-3-6-15-7-4-8/h1-2,5,8,10H,3-4,6-7,13H2/t10-/m1/s1. The molecule has 1 saturated heterocycles. The first-order valence-electron chi connectivity index (χ1n) is 5.23. The number of pyridine rings is 1. The van der Waals surface area contributed by atoms with E-state index >= 15 is 0 Å². The molecule has 1 atom stereocenters. The van der Waals surface area contributed by atoms with E-state index < -0.39 is 0 Å². The molecule has 1 aromatic rings. The van der Waals surface area contributed by atoms with Gasteiger partial charge in [-0.05, 0) is 24.8 Å². The van der Waals surface area contributed by atoms with Crippen LogP contribution in [0.1, 0.15) is 24.4 Å². The van der Waals surface area contributed by atoms with Crippen LogP contribution in [0.3, 0.4) is 0 Å². The molecule has 1 aromatic heterocycles. The summed E-state index contributed by atoms with van der Waals surface area (Å²) in [6, 6.07) is 3.81. The Balaban J connectivity index is 2.12. The van der Waals surface area contributed by atoms with Crippen molar-refractivity contribution in [1.29, 1.82) is 0 Å². The fourth-order valence-electron chi connectivity index (χ4n) is 1.98. The highest BCUT2D eigenvalue weighted by atomic mass is 35.5. The van der Waals surface area contributed by atoms with E-state index in [9.17, 15) is 0 Å². The van der Waals surface area contributed by atoms with Crippen molar-refractivity contribution in [2.75, 3.05) is 13.2 Å². The van der Waals surface area contributed by atoms with Crippen molar-refractivity contribution in [3.8, 4) is 0 Å². The lowest BCUT2D eigenvalue weighted by Crippen LogP contribution is -2.27. The van der Waals surface area contributed by atoms with E-state index in [0.29, 0.717) is 11.1 Å². The molecule has 2 rings (SSSR count). The van der Waals surface area contributed by atoms with Crippen molar-refractivity contribution >= 4 is 11.6 Å². The van der Waals surface area contributed by atoms with Crippen molar-refractivity contribution in [3.05, 3.63) is 29.0 Å². The first kappa shape index (κ1) is 10.9. The first-order chi connectivity index (χ1) is 7.29. The largest absolute Gasteiger partial charge is 0.381 e. The molecule has 1 aliphatic heterocycles. The smallest absolute Gasteiger partial charge is 0.133 e. The highest BCUT2D eigenvalue weighted by Gasteiger charge is 2.23. The topological polar surface area (TPSA) is 48.1 Å². The molecule has 0 radical (unpaired) electrons. The predicted molar refractivity (Wildman–Crippen MR) is 59.7 cm³/mol. The lowest BCUT2D eigenvalue weighted by atomic mass is 9.88. The van der Waals surface area contributed by atoms with Crippen molar-refractivity contribution in [3.63, 3.8) is 0 Å². The normalized spacial score (nSPS) is 20.1. The van der Waals surface area contributed by atoms with Gasteiger partial charge in [0.15, 0.2) is 0 Å². The Hall–Kier alpha value is -0.640. The minimum Gasteiger partial charge on any atom is -0.381 e. The van der Waals surface area contributed by atoms with Gasteiger partial charge in [0, 0.05) is 31.0 Å². The van der Waals surface area contributed by atoms with Gasteiger partial charge in [-0.2, -0.15) is 0 Å². The molecule has 0 saturated carbocycles. The number of rotatable bonds is 2. The molecule has 0 aromatic carbocycles. The summed E-state index contributed by atoms with van der Waals surface area (Å²) in [5, 5.41) is 0.525. The van der Waals surface area contributed by atoms with Gasteiger partial charge in [-0.25, -0.2) is 4.98 Å². The van der Waals surface area contributed by atoms with Crippen LogP contribution in [-0.2, 0) is 4.74 Å². The lowest BCUT2D eigenvalue weighted by molar-refractivity contribution is 0.0583. The molecule has 0 amide bonds. The summed E-state index contributed by atoms with van der Waals surface area (Å²) in [6.07, 6.45) is 3.70. The second-order valence-corrected chi connectivity index (χ2v) is 4.22. The third kappa shape index (κ3) is 2.48. The third-order valence-electron chi connectivity index (χ3n) is 2.92. The van der Waals surface area contributed by atoms with E-state index in [2.05, 4.69) is 4.98 Å². The SMILES string of the molecule is N[C@@H](c1cccnc1Cl)C1CCOCC1. The molecule has 4 heteroatoms. The lowest BCUT2D eigenvalue weighted by Gasteiger charge is -2.28. The number of nitrogens with zero attached hydrogens (tertiary/aromatic N) is 1. The van der Waals surface area contributed by atoms with Gasteiger partial charge >= 0.3 is 0 Å². The summed E-state index contributed by atoms with van der Waals surface area (Å²) in [6.45, 7) is 1.60. The summed E-state index contributed by atoms with van der Waals surface area (Å²) >= 11 is 6.02. The van der Waals surface area contributed by atoms with Crippen LogP contribution in [0.5, 0.6) is 0 Å². The van der Waals surface area contributed by atoms with Crippen LogP contribution in [0.2, 0.25) is 5.15 Å². The molecular weight excluding hydrogens is 212 g/mol. The van der Waals surface area contributed by atoms with Gasteiger partial charge in [0.1, 0.15) is 5.15 Å². The van der Waals surface area contributed by atoms with Crippen LogP contribution in [0.15, 0.2) is 18.3 Å². The molecule has 1 fully saturated rings. The van der Waals surface area contributed by atoms with Gasteiger partial charge in [-0.3, -0.25) is 0 Å². The average molecular weight is 227 g/mol. The van der Waals surface area contributed by atoms with Crippen molar-refractivity contribution in [1.82, 2.24) is 4.98 Å². The first-order valence-corrected chi connectivity index (χ1v) is 5.60. The Morgan fingerprint density at radius 2 is 2.20 bits per heavy atom. The molecule has 0 aliphatic carbocycles. The Morgan fingerprint density at radius 1 is 1.47 bits per heavy atom. The highest BCUT2D eigenvalue weighted by Crippen LogP contribution is 2.30. The summed E-state index contributed by atoms with van der Waals surface area (Å²) in [7, 11) is 0. The summed E-state index contributed by atoms with van der Waals surface area (Å²) in [5.41, 5.74) is 7.14. The van der Waals surface area contributed by atoms with E-state index in [1.54, 1.807) is 6.20 Å². The van der Waals surface area contributed by atoms with Crippen LogP contribution in [0.25, 0.3) is 0 Å².